The summed E-state index contributed by atoms with van der Waals surface area (Å²) in [5.74, 6) is -2.13. The SMILES string of the molecule is CC(=O)Nc1nc2c(s1)C(=O)C(C(=O)c1ccc(N(C(=O)OC(C)(C)C)C(=O)OC(C)(C)C)nc1)CCC2. The van der Waals surface area contributed by atoms with Crippen LogP contribution in [0.4, 0.5) is 20.5 Å². The van der Waals surface area contributed by atoms with Gasteiger partial charge in [-0.2, -0.15) is 4.90 Å². The first-order valence-corrected chi connectivity index (χ1v) is 13.0. The molecule has 2 heterocycles. The van der Waals surface area contributed by atoms with Gasteiger partial charge in [-0.15, -0.1) is 0 Å². The first kappa shape index (κ1) is 28.9. The highest BCUT2D eigenvalue weighted by Crippen LogP contribution is 2.33. The maximum absolute atomic E-state index is 13.3. The smallest absolute Gasteiger partial charge is 0.425 e. The lowest BCUT2D eigenvalue weighted by Crippen LogP contribution is -2.44. The normalized spacial score (nSPS) is 15.7. The first-order chi connectivity index (χ1) is 17.6. The number of ether oxygens (including phenoxy) is 2. The van der Waals surface area contributed by atoms with E-state index in [2.05, 4.69) is 15.3 Å². The number of hydrogen-bond acceptors (Lipinski definition) is 10. The number of Topliss-reactive ketones (excluding diaryl/α,β-unsaturated/α-hetero) is 2. The highest BCUT2D eigenvalue weighted by molar-refractivity contribution is 7.17. The number of pyridine rings is 1. The molecule has 0 bridgehead atoms. The van der Waals surface area contributed by atoms with E-state index in [0.717, 1.165) is 11.3 Å². The molecule has 1 atom stereocenters. The van der Waals surface area contributed by atoms with E-state index in [1.54, 1.807) is 41.5 Å². The van der Waals surface area contributed by atoms with Crippen LogP contribution < -0.4 is 10.2 Å². The molecule has 1 aliphatic rings. The zero-order valence-corrected chi connectivity index (χ0v) is 23.4. The molecule has 0 aromatic carbocycles. The Bertz CT molecular complexity index is 1230. The molecule has 0 aliphatic heterocycles. The highest BCUT2D eigenvalue weighted by Gasteiger charge is 2.36. The van der Waals surface area contributed by atoms with Gasteiger partial charge in [0, 0.05) is 18.7 Å². The molecule has 11 nitrogen and oxygen atoms in total. The average Bonchev–Trinajstić information content (AvgIpc) is 3.09. The summed E-state index contributed by atoms with van der Waals surface area (Å²) in [4.78, 5) is 73.2. The molecule has 3 rings (SSSR count). The molecule has 204 valence electrons. The maximum atomic E-state index is 13.3. The summed E-state index contributed by atoms with van der Waals surface area (Å²) < 4.78 is 10.7. The number of ketones is 2. The summed E-state index contributed by atoms with van der Waals surface area (Å²) >= 11 is 1.05. The van der Waals surface area contributed by atoms with Crippen molar-refractivity contribution in [3.8, 4) is 0 Å². The third-order valence-corrected chi connectivity index (χ3v) is 6.18. The van der Waals surface area contributed by atoms with Gasteiger partial charge in [0.15, 0.2) is 16.7 Å². The van der Waals surface area contributed by atoms with E-state index in [9.17, 15) is 24.0 Å². The van der Waals surface area contributed by atoms with Crippen molar-refractivity contribution in [2.24, 2.45) is 5.92 Å². The van der Waals surface area contributed by atoms with Crippen molar-refractivity contribution in [3.05, 3.63) is 34.5 Å². The largest absolute Gasteiger partial charge is 0.443 e. The number of nitrogens with one attached hydrogen (secondary N) is 1. The van der Waals surface area contributed by atoms with Crippen molar-refractivity contribution >= 4 is 51.9 Å². The fourth-order valence-electron chi connectivity index (χ4n) is 3.67. The second-order valence-electron chi connectivity index (χ2n) is 10.9. The Balaban J connectivity index is 1.86. The van der Waals surface area contributed by atoms with Crippen molar-refractivity contribution in [1.82, 2.24) is 9.97 Å². The number of amides is 3. The third-order valence-electron chi connectivity index (χ3n) is 5.16. The fraction of sp³-hybridized carbons (Fsp3) is 0.500. The predicted octanol–water partition coefficient (Wildman–Crippen LogP) is 5.19. The van der Waals surface area contributed by atoms with E-state index in [0.29, 0.717) is 39.9 Å². The van der Waals surface area contributed by atoms with Crippen LogP contribution in [-0.2, 0) is 20.7 Å². The number of carbonyl (C=O) groups excluding carboxylic acids is 5. The van der Waals surface area contributed by atoms with Crippen LogP contribution in [0.2, 0.25) is 0 Å². The zero-order valence-electron chi connectivity index (χ0n) is 22.5. The van der Waals surface area contributed by atoms with Gasteiger partial charge in [-0.25, -0.2) is 19.6 Å². The van der Waals surface area contributed by atoms with Gasteiger partial charge in [-0.3, -0.25) is 14.4 Å². The van der Waals surface area contributed by atoms with Crippen molar-refractivity contribution in [1.29, 1.82) is 0 Å². The van der Waals surface area contributed by atoms with Crippen molar-refractivity contribution in [2.75, 3.05) is 10.2 Å². The van der Waals surface area contributed by atoms with E-state index in [1.807, 2.05) is 0 Å². The Hall–Kier alpha value is -3.67. The monoisotopic (exact) mass is 544 g/mol. The minimum absolute atomic E-state index is 0.0954. The first-order valence-electron chi connectivity index (χ1n) is 12.1. The Morgan fingerprint density at radius 2 is 1.63 bits per heavy atom. The number of anilines is 2. The summed E-state index contributed by atoms with van der Waals surface area (Å²) in [6.07, 6.45) is 0.664. The minimum Gasteiger partial charge on any atom is -0.443 e. The number of nitrogens with zero attached hydrogens (tertiary/aromatic N) is 3. The van der Waals surface area contributed by atoms with Gasteiger partial charge >= 0.3 is 12.2 Å². The molecule has 2 aromatic rings. The molecular formula is C26H32N4O7S. The van der Waals surface area contributed by atoms with Gasteiger partial charge in [0.25, 0.3) is 0 Å². The number of imide groups is 1. The Labute approximate surface area is 224 Å². The number of thiazole rings is 1. The van der Waals surface area contributed by atoms with Crippen LogP contribution in [0.25, 0.3) is 0 Å². The van der Waals surface area contributed by atoms with E-state index >= 15 is 0 Å². The quantitative estimate of drug-likeness (QED) is 0.312. The lowest BCUT2D eigenvalue weighted by atomic mass is 9.91. The van der Waals surface area contributed by atoms with Crippen LogP contribution >= 0.6 is 11.3 Å². The second kappa shape index (κ2) is 11.0. The molecule has 3 amide bonds. The van der Waals surface area contributed by atoms with Crippen LogP contribution in [0.1, 0.15) is 87.0 Å². The predicted molar refractivity (Wildman–Crippen MR) is 141 cm³/mol. The van der Waals surface area contributed by atoms with E-state index in [1.165, 1.54) is 25.3 Å². The third kappa shape index (κ3) is 7.21. The molecule has 0 saturated carbocycles. The lowest BCUT2D eigenvalue weighted by Gasteiger charge is -2.28. The van der Waals surface area contributed by atoms with Gasteiger partial charge in [0.1, 0.15) is 17.0 Å². The Morgan fingerprint density at radius 3 is 2.13 bits per heavy atom. The summed E-state index contributed by atoms with van der Waals surface area (Å²) in [5.41, 5.74) is -1.06. The van der Waals surface area contributed by atoms with Crippen LogP contribution in [-0.4, -0.2) is 50.8 Å². The van der Waals surface area contributed by atoms with E-state index in [-0.39, 0.29) is 23.1 Å². The van der Waals surface area contributed by atoms with Crippen molar-refractivity contribution in [3.63, 3.8) is 0 Å². The fourth-order valence-corrected chi connectivity index (χ4v) is 4.73. The highest BCUT2D eigenvalue weighted by atomic mass is 32.1. The van der Waals surface area contributed by atoms with Gasteiger partial charge in [0.2, 0.25) is 5.91 Å². The number of carbonyl (C=O) groups is 5. The molecule has 0 radical (unpaired) electrons. The van der Waals surface area contributed by atoms with Gasteiger partial charge in [-0.05, 0) is 72.9 Å². The Kier molecular flexibility index (Phi) is 8.35. The molecule has 1 N–H and O–H groups in total. The van der Waals surface area contributed by atoms with Crippen LogP contribution in [0, 0.1) is 5.92 Å². The van der Waals surface area contributed by atoms with Crippen LogP contribution in [0.3, 0.4) is 0 Å². The standard InChI is InChI=1S/C26H32N4O7S/c1-14(31)28-22-29-17-10-8-9-16(20(33)21(17)38-22)19(32)15-11-12-18(27-13-15)30(23(34)36-25(2,3)4)24(35)37-26(5,6)7/h11-13,16H,8-10H2,1-7H3,(H,28,29,31). The lowest BCUT2D eigenvalue weighted by molar-refractivity contribution is -0.114. The van der Waals surface area contributed by atoms with Gasteiger partial charge in [-0.1, -0.05) is 11.3 Å². The number of fused-ring (bicyclic) bond motifs is 1. The molecule has 38 heavy (non-hydrogen) atoms. The average molecular weight is 545 g/mol. The molecule has 0 saturated heterocycles. The number of aromatic nitrogens is 2. The van der Waals surface area contributed by atoms with E-state index < -0.39 is 35.1 Å². The topological polar surface area (TPSA) is 145 Å². The van der Waals surface area contributed by atoms with Crippen molar-refractivity contribution < 1.29 is 33.4 Å². The summed E-state index contributed by atoms with van der Waals surface area (Å²) in [5, 5.41) is 2.90. The van der Waals surface area contributed by atoms with Gasteiger partial charge in [0.05, 0.1) is 16.5 Å². The van der Waals surface area contributed by atoms with Gasteiger partial charge < -0.3 is 14.8 Å². The molecule has 1 aliphatic carbocycles. The van der Waals surface area contributed by atoms with Crippen molar-refractivity contribution in [2.45, 2.75) is 78.9 Å². The Morgan fingerprint density at radius 1 is 1.03 bits per heavy atom. The van der Waals surface area contributed by atoms with Crippen LogP contribution in [0.15, 0.2) is 18.3 Å². The summed E-state index contributed by atoms with van der Waals surface area (Å²) in [6.45, 7) is 11.3. The minimum atomic E-state index is -0.982. The molecule has 2 aromatic heterocycles. The second-order valence-corrected chi connectivity index (χ2v) is 11.8. The maximum Gasteiger partial charge on any atom is 0.425 e. The van der Waals surface area contributed by atoms with Crippen LogP contribution in [0.5, 0.6) is 0 Å². The van der Waals surface area contributed by atoms with E-state index in [4.69, 9.17) is 9.47 Å². The summed E-state index contributed by atoms with van der Waals surface area (Å²) in [7, 11) is 0. The molecule has 12 heteroatoms. The molecule has 0 spiro atoms. The molecule has 1 unspecified atom stereocenters. The summed E-state index contributed by atoms with van der Waals surface area (Å²) in [6, 6.07) is 2.73. The number of aryl methyl sites for hydroxylation is 1. The molecular weight excluding hydrogens is 512 g/mol. The zero-order chi connectivity index (χ0) is 28.4. The molecule has 0 fully saturated rings. The number of rotatable bonds is 4. The number of hydrogen-bond donors (Lipinski definition) is 1.